The lowest BCUT2D eigenvalue weighted by molar-refractivity contribution is 0.193. The van der Waals surface area contributed by atoms with Crippen molar-refractivity contribution in [1.82, 2.24) is 34.3 Å². The van der Waals surface area contributed by atoms with E-state index in [1.807, 2.05) is 35.6 Å². The Bertz CT molecular complexity index is 906. The second kappa shape index (κ2) is 6.15. The van der Waals surface area contributed by atoms with Crippen LogP contribution < -0.4 is 5.32 Å². The number of carbonyl (C=O) groups is 1. The van der Waals surface area contributed by atoms with Gasteiger partial charge in [-0.1, -0.05) is 0 Å². The molecular formula is C16H20N8O. The van der Waals surface area contributed by atoms with E-state index < -0.39 is 0 Å². The number of likely N-dealkylation sites (tertiary alicyclic amines) is 1. The predicted molar refractivity (Wildman–Crippen MR) is 91.3 cm³/mol. The van der Waals surface area contributed by atoms with E-state index >= 15 is 0 Å². The van der Waals surface area contributed by atoms with Crippen molar-refractivity contribution < 1.29 is 4.79 Å². The highest BCUT2D eigenvalue weighted by Crippen LogP contribution is 2.26. The Balaban J connectivity index is 1.39. The van der Waals surface area contributed by atoms with Crippen molar-refractivity contribution in [2.75, 3.05) is 18.4 Å². The number of carbonyl (C=O) groups excluding carboxylic acids is 1. The molecule has 0 spiro atoms. The molecule has 1 aliphatic rings. The number of fused-ring (bicyclic) bond motifs is 1. The van der Waals surface area contributed by atoms with Gasteiger partial charge in [-0.3, -0.25) is 0 Å². The van der Waals surface area contributed by atoms with Gasteiger partial charge in [0.1, 0.15) is 18.0 Å². The molecule has 0 unspecified atom stereocenters. The Morgan fingerprint density at radius 3 is 2.80 bits per heavy atom. The molecule has 3 aromatic rings. The number of piperidine rings is 1. The summed E-state index contributed by atoms with van der Waals surface area (Å²) in [4.78, 5) is 18.6. The molecule has 2 amide bonds. The Morgan fingerprint density at radius 2 is 2.08 bits per heavy atom. The molecule has 9 heteroatoms. The molecular weight excluding hydrogens is 320 g/mol. The molecule has 4 heterocycles. The number of pyridine rings is 1. The maximum atomic E-state index is 12.5. The topological polar surface area (TPSA) is 93.2 Å². The highest BCUT2D eigenvalue weighted by molar-refractivity contribution is 5.89. The molecule has 1 fully saturated rings. The average molecular weight is 340 g/mol. The minimum Gasteiger partial charge on any atom is -0.324 e. The van der Waals surface area contributed by atoms with Gasteiger partial charge in [0.05, 0.1) is 11.9 Å². The molecule has 0 atom stereocenters. The van der Waals surface area contributed by atoms with E-state index in [9.17, 15) is 4.79 Å². The van der Waals surface area contributed by atoms with E-state index in [1.54, 1.807) is 17.0 Å². The van der Waals surface area contributed by atoms with Crippen molar-refractivity contribution in [1.29, 1.82) is 0 Å². The van der Waals surface area contributed by atoms with Crippen LogP contribution in [0.25, 0.3) is 5.65 Å². The van der Waals surface area contributed by atoms with Gasteiger partial charge in [-0.2, -0.15) is 5.10 Å². The number of hydrogen-bond acceptors (Lipinski definition) is 5. The minimum absolute atomic E-state index is 0.0902. The molecule has 9 nitrogen and oxygen atoms in total. The predicted octanol–water partition coefficient (Wildman–Crippen LogP) is 1.58. The van der Waals surface area contributed by atoms with E-state index in [0.29, 0.717) is 30.5 Å². The number of anilines is 1. The van der Waals surface area contributed by atoms with Crippen LogP contribution in [0.2, 0.25) is 0 Å². The molecule has 25 heavy (non-hydrogen) atoms. The van der Waals surface area contributed by atoms with Gasteiger partial charge in [0, 0.05) is 26.1 Å². The van der Waals surface area contributed by atoms with Crippen LogP contribution in [0.1, 0.15) is 30.4 Å². The first kappa shape index (κ1) is 15.6. The normalized spacial score (nSPS) is 15.7. The van der Waals surface area contributed by atoms with Crippen LogP contribution in [-0.4, -0.2) is 53.4 Å². The SMILES string of the molecule is Cc1nc2ccc(NC(=O)N3CCC(c4nncn4C)CC3)cn2n1. The summed E-state index contributed by atoms with van der Waals surface area (Å²) in [5.41, 5.74) is 1.47. The van der Waals surface area contributed by atoms with Gasteiger partial charge in [-0.05, 0) is 31.9 Å². The van der Waals surface area contributed by atoms with Gasteiger partial charge >= 0.3 is 6.03 Å². The van der Waals surface area contributed by atoms with E-state index in [-0.39, 0.29) is 6.03 Å². The second-order valence-corrected chi connectivity index (χ2v) is 6.37. The highest BCUT2D eigenvalue weighted by atomic mass is 16.2. The summed E-state index contributed by atoms with van der Waals surface area (Å²) < 4.78 is 3.63. The smallest absolute Gasteiger partial charge is 0.321 e. The van der Waals surface area contributed by atoms with Crippen LogP contribution in [0.15, 0.2) is 24.7 Å². The maximum Gasteiger partial charge on any atom is 0.321 e. The van der Waals surface area contributed by atoms with Crippen molar-refractivity contribution >= 4 is 17.4 Å². The fourth-order valence-corrected chi connectivity index (χ4v) is 3.27. The number of hydrogen-bond donors (Lipinski definition) is 1. The summed E-state index contributed by atoms with van der Waals surface area (Å²) in [6, 6.07) is 3.59. The zero-order valence-corrected chi connectivity index (χ0v) is 14.3. The molecule has 1 aliphatic heterocycles. The van der Waals surface area contributed by atoms with Crippen molar-refractivity contribution in [3.05, 3.63) is 36.3 Å². The van der Waals surface area contributed by atoms with Gasteiger partial charge < -0.3 is 14.8 Å². The largest absolute Gasteiger partial charge is 0.324 e. The van der Waals surface area contributed by atoms with Crippen LogP contribution in [0, 0.1) is 6.92 Å². The third-order valence-electron chi connectivity index (χ3n) is 4.58. The van der Waals surface area contributed by atoms with Crippen molar-refractivity contribution in [2.24, 2.45) is 7.05 Å². The number of urea groups is 1. The summed E-state index contributed by atoms with van der Waals surface area (Å²) in [5.74, 6) is 2.05. The van der Waals surface area contributed by atoms with Gasteiger partial charge in [0.2, 0.25) is 0 Å². The van der Waals surface area contributed by atoms with Gasteiger partial charge in [-0.25, -0.2) is 14.3 Å². The number of aryl methyl sites for hydroxylation is 2. The van der Waals surface area contributed by atoms with Gasteiger partial charge in [0.25, 0.3) is 0 Å². The summed E-state index contributed by atoms with van der Waals surface area (Å²) in [7, 11) is 1.95. The number of amides is 2. The Kier molecular flexibility index (Phi) is 3.83. The molecule has 3 aromatic heterocycles. The van der Waals surface area contributed by atoms with Crippen LogP contribution >= 0.6 is 0 Å². The second-order valence-electron chi connectivity index (χ2n) is 6.37. The molecule has 130 valence electrons. The van der Waals surface area contributed by atoms with Gasteiger partial charge in [0.15, 0.2) is 5.65 Å². The van der Waals surface area contributed by atoms with Crippen LogP contribution in [0.5, 0.6) is 0 Å². The standard InChI is InChI=1S/C16H20N8O/c1-11-18-14-4-3-13(9-24(14)21-11)19-16(25)23-7-5-12(6-8-23)15-20-17-10-22(15)2/h3-4,9-10,12H,5-8H2,1-2H3,(H,19,25). The number of aromatic nitrogens is 6. The Labute approximate surface area is 144 Å². The van der Waals surface area contributed by atoms with E-state index in [2.05, 4.69) is 25.6 Å². The molecule has 4 rings (SSSR count). The molecule has 0 radical (unpaired) electrons. The zero-order chi connectivity index (χ0) is 17.4. The molecule has 0 bridgehead atoms. The van der Waals surface area contributed by atoms with Crippen molar-refractivity contribution in [3.63, 3.8) is 0 Å². The summed E-state index contributed by atoms with van der Waals surface area (Å²) in [5, 5.41) is 15.3. The van der Waals surface area contributed by atoms with E-state index in [0.717, 1.165) is 24.3 Å². The summed E-state index contributed by atoms with van der Waals surface area (Å²) >= 11 is 0. The minimum atomic E-state index is -0.0902. The molecule has 1 N–H and O–H groups in total. The van der Waals surface area contributed by atoms with E-state index in [1.165, 1.54) is 0 Å². The fourth-order valence-electron chi connectivity index (χ4n) is 3.27. The summed E-state index contributed by atoms with van der Waals surface area (Å²) in [6.07, 6.45) is 5.28. The first-order chi connectivity index (χ1) is 12.1. The summed E-state index contributed by atoms with van der Waals surface area (Å²) in [6.45, 7) is 3.24. The molecule has 1 saturated heterocycles. The monoisotopic (exact) mass is 340 g/mol. The van der Waals surface area contributed by atoms with E-state index in [4.69, 9.17) is 0 Å². The first-order valence-corrected chi connectivity index (χ1v) is 8.33. The Hall–Kier alpha value is -2.97. The third kappa shape index (κ3) is 3.04. The Morgan fingerprint density at radius 1 is 1.28 bits per heavy atom. The number of nitrogens with zero attached hydrogens (tertiary/aromatic N) is 7. The molecule has 0 saturated carbocycles. The lowest BCUT2D eigenvalue weighted by Gasteiger charge is -2.31. The fraction of sp³-hybridized carbons (Fsp3) is 0.438. The average Bonchev–Trinajstić information content (AvgIpc) is 3.19. The lowest BCUT2D eigenvalue weighted by Crippen LogP contribution is -2.40. The highest BCUT2D eigenvalue weighted by Gasteiger charge is 2.26. The van der Waals surface area contributed by atoms with Crippen LogP contribution in [0.4, 0.5) is 10.5 Å². The lowest BCUT2D eigenvalue weighted by atomic mass is 9.96. The van der Waals surface area contributed by atoms with Crippen LogP contribution in [0.3, 0.4) is 0 Å². The zero-order valence-electron chi connectivity index (χ0n) is 14.3. The van der Waals surface area contributed by atoms with Crippen molar-refractivity contribution in [2.45, 2.75) is 25.7 Å². The first-order valence-electron chi connectivity index (χ1n) is 8.33. The quantitative estimate of drug-likeness (QED) is 0.764. The third-order valence-corrected chi connectivity index (χ3v) is 4.58. The maximum absolute atomic E-state index is 12.5. The van der Waals surface area contributed by atoms with Crippen molar-refractivity contribution in [3.8, 4) is 0 Å². The molecule has 0 aliphatic carbocycles. The molecule has 0 aromatic carbocycles. The van der Waals surface area contributed by atoms with Crippen LogP contribution in [-0.2, 0) is 7.05 Å². The number of nitrogens with one attached hydrogen (secondary N) is 1. The number of rotatable bonds is 2. The van der Waals surface area contributed by atoms with Gasteiger partial charge in [-0.15, -0.1) is 10.2 Å².